The third-order valence-electron chi connectivity index (χ3n) is 3.30. The number of hydrogen-bond donors (Lipinski definition) is 2. The van der Waals surface area contributed by atoms with E-state index in [0.717, 1.165) is 0 Å². The molecule has 2 aromatic carbocycles. The highest BCUT2D eigenvalue weighted by Gasteiger charge is 2.18. The molecule has 10 heteroatoms. The van der Waals surface area contributed by atoms with Crippen LogP contribution in [0.4, 0.5) is 10.1 Å². The van der Waals surface area contributed by atoms with Crippen molar-refractivity contribution in [2.75, 3.05) is 11.9 Å². The third-order valence-corrected chi connectivity index (χ3v) is 4.23. The maximum absolute atomic E-state index is 12.8. The zero-order chi connectivity index (χ0) is 20.0. The van der Waals surface area contributed by atoms with Gasteiger partial charge in [-0.3, -0.25) is 4.79 Å². The summed E-state index contributed by atoms with van der Waals surface area (Å²) >= 11 is 0. The molecule has 0 aliphatic heterocycles. The van der Waals surface area contributed by atoms with Crippen LogP contribution in [0.3, 0.4) is 0 Å². The van der Waals surface area contributed by atoms with Gasteiger partial charge in [-0.2, -0.15) is 0 Å². The Morgan fingerprint density at radius 3 is 2.26 bits per heavy atom. The van der Waals surface area contributed by atoms with Crippen LogP contribution in [0.1, 0.15) is 6.92 Å². The summed E-state index contributed by atoms with van der Waals surface area (Å²) in [5.41, 5.74) is 0.304. The number of anilines is 1. The summed E-state index contributed by atoms with van der Waals surface area (Å²) in [6.45, 7) is 0.913. The van der Waals surface area contributed by atoms with Crippen molar-refractivity contribution in [1.29, 1.82) is 0 Å². The summed E-state index contributed by atoms with van der Waals surface area (Å²) in [6, 6.07) is 10.2. The van der Waals surface area contributed by atoms with Crippen LogP contribution < -0.4 is 15.2 Å². The second-order valence-electron chi connectivity index (χ2n) is 5.43. The minimum absolute atomic E-state index is 0.0992. The van der Waals surface area contributed by atoms with Crippen LogP contribution in [0.2, 0.25) is 0 Å². The van der Waals surface area contributed by atoms with Crippen LogP contribution in [0.25, 0.3) is 0 Å². The molecule has 27 heavy (non-hydrogen) atoms. The van der Waals surface area contributed by atoms with Gasteiger partial charge in [0, 0.05) is 5.69 Å². The first-order valence-electron chi connectivity index (χ1n) is 7.67. The number of carbonyl (C=O) groups is 2. The predicted molar refractivity (Wildman–Crippen MR) is 93.9 cm³/mol. The van der Waals surface area contributed by atoms with Gasteiger partial charge in [-0.25, -0.2) is 22.7 Å². The van der Waals surface area contributed by atoms with Crippen LogP contribution in [0, 0.1) is 5.82 Å². The first-order chi connectivity index (χ1) is 12.6. The number of halogens is 1. The Bertz CT molecular complexity index is 913. The largest absolute Gasteiger partial charge is 0.482 e. The van der Waals surface area contributed by atoms with Crippen molar-refractivity contribution in [3.8, 4) is 5.75 Å². The van der Waals surface area contributed by atoms with Crippen molar-refractivity contribution in [1.82, 2.24) is 0 Å². The van der Waals surface area contributed by atoms with Crippen LogP contribution in [-0.2, 0) is 24.3 Å². The van der Waals surface area contributed by atoms with E-state index in [4.69, 9.17) is 14.6 Å². The summed E-state index contributed by atoms with van der Waals surface area (Å²) in [5, 5.41) is 7.46. The van der Waals surface area contributed by atoms with E-state index in [0.29, 0.717) is 5.69 Å². The summed E-state index contributed by atoms with van der Waals surface area (Å²) in [6.07, 6.45) is -1.12. The van der Waals surface area contributed by atoms with E-state index >= 15 is 0 Å². The smallest absolute Gasteiger partial charge is 0.344 e. The van der Waals surface area contributed by atoms with E-state index in [1.54, 1.807) is 0 Å². The van der Waals surface area contributed by atoms with Crippen molar-refractivity contribution in [2.24, 2.45) is 5.14 Å². The fraction of sp³-hybridized carbons (Fsp3) is 0.176. The Balaban J connectivity index is 1.83. The minimum Gasteiger partial charge on any atom is -0.482 e. The highest BCUT2D eigenvalue weighted by Crippen LogP contribution is 2.14. The lowest BCUT2D eigenvalue weighted by Crippen LogP contribution is -2.31. The number of ether oxygens (including phenoxy) is 2. The Kier molecular flexibility index (Phi) is 6.48. The van der Waals surface area contributed by atoms with Gasteiger partial charge in [0.25, 0.3) is 5.91 Å². The molecule has 0 heterocycles. The van der Waals surface area contributed by atoms with Gasteiger partial charge in [0.1, 0.15) is 11.6 Å². The maximum Gasteiger partial charge on any atom is 0.344 e. The number of amides is 1. The second kappa shape index (κ2) is 8.60. The van der Waals surface area contributed by atoms with Gasteiger partial charge in [0.15, 0.2) is 12.7 Å². The molecular weight excluding hydrogens is 379 g/mol. The maximum atomic E-state index is 12.8. The number of sulfonamides is 1. The number of nitrogens with one attached hydrogen (secondary N) is 1. The van der Waals surface area contributed by atoms with E-state index < -0.39 is 40.4 Å². The van der Waals surface area contributed by atoms with Gasteiger partial charge in [0.05, 0.1) is 4.90 Å². The average molecular weight is 396 g/mol. The van der Waals surface area contributed by atoms with Crippen molar-refractivity contribution in [3.05, 3.63) is 54.3 Å². The van der Waals surface area contributed by atoms with Crippen LogP contribution in [0.15, 0.2) is 53.4 Å². The van der Waals surface area contributed by atoms with E-state index in [1.807, 2.05) is 0 Å². The fourth-order valence-corrected chi connectivity index (χ4v) is 2.45. The molecule has 0 aliphatic rings. The molecule has 0 aliphatic carbocycles. The molecule has 0 fully saturated rings. The van der Waals surface area contributed by atoms with Crippen molar-refractivity contribution in [2.45, 2.75) is 17.9 Å². The molecule has 1 atom stereocenters. The molecule has 8 nitrogen and oxygen atoms in total. The van der Waals surface area contributed by atoms with E-state index in [9.17, 15) is 22.4 Å². The highest BCUT2D eigenvalue weighted by molar-refractivity contribution is 7.89. The standard InChI is InChI=1S/C17H17FN2O6S/c1-11(26-16(21)10-25-14-6-2-12(18)3-7-14)17(22)20-13-4-8-15(9-5-13)27(19,23)24/h2-9,11H,10H2,1H3,(H,20,22)(H2,19,23,24)/t11-/m1/s1. The quantitative estimate of drug-likeness (QED) is 0.682. The van der Waals surface area contributed by atoms with Gasteiger partial charge in [-0.15, -0.1) is 0 Å². The van der Waals surface area contributed by atoms with E-state index in [2.05, 4.69) is 5.32 Å². The van der Waals surface area contributed by atoms with Gasteiger partial charge < -0.3 is 14.8 Å². The zero-order valence-corrected chi connectivity index (χ0v) is 15.0. The zero-order valence-electron chi connectivity index (χ0n) is 14.2. The second-order valence-corrected chi connectivity index (χ2v) is 6.99. The highest BCUT2D eigenvalue weighted by atomic mass is 32.2. The van der Waals surface area contributed by atoms with Gasteiger partial charge in [-0.05, 0) is 55.5 Å². The Morgan fingerprint density at radius 2 is 1.70 bits per heavy atom. The Morgan fingerprint density at radius 1 is 1.11 bits per heavy atom. The molecule has 0 saturated carbocycles. The minimum atomic E-state index is -3.83. The molecule has 3 N–H and O–H groups in total. The van der Waals surface area contributed by atoms with Crippen LogP contribution >= 0.6 is 0 Å². The number of nitrogens with two attached hydrogens (primary N) is 1. The molecule has 0 spiro atoms. The van der Waals surface area contributed by atoms with Crippen molar-refractivity contribution >= 4 is 27.6 Å². The lowest BCUT2D eigenvalue weighted by Gasteiger charge is -2.14. The Labute approximate surface area is 155 Å². The van der Waals surface area contributed by atoms with Gasteiger partial charge >= 0.3 is 5.97 Å². The van der Waals surface area contributed by atoms with Gasteiger partial charge in [0.2, 0.25) is 10.0 Å². The van der Waals surface area contributed by atoms with Crippen LogP contribution in [0.5, 0.6) is 5.75 Å². The SMILES string of the molecule is C[C@@H](OC(=O)COc1ccc(F)cc1)C(=O)Nc1ccc(S(N)(=O)=O)cc1. The summed E-state index contributed by atoms with van der Waals surface area (Å²) < 4.78 is 45.2. The number of rotatable bonds is 7. The monoisotopic (exact) mass is 396 g/mol. The first-order valence-corrected chi connectivity index (χ1v) is 9.21. The van der Waals surface area contributed by atoms with Gasteiger partial charge in [-0.1, -0.05) is 0 Å². The number of benzene rings is 2. The molecule has 2 aromatic rings. The topological polar surface area (TPSA) is 125 Å². The molecule has 2 rings (SSSR count). The average Bonchev–Trinajstić information content (AvgIpc) is 2.61. The number of esters is 1. The summed E-state index contributed by atoms with van der Waals surface area (Å²) in [5.74, 6) is -1.56. The number of carbonyl (C=O) groups excluding carboxylic acids is 2. The third kappa shape index (κ3) is 6.35. The summed E-state index contributed by atoms with van der Waals surface area (Å²) in [7, 11) is -3.83. The first kappa shape index (κ1) is 20.3. The molecule has 144 valence electrons. The molecule has 0 aromatic heterocycles. The normalized spacial score (nSPS) is 12.1. The number of hydrogen-bond acceptors (Lipinski definition) is 6. The molecular formula is C17H17FN2O6S. The Hall–Kier alpha value is -2.98. The number of primary sulfonamides is 1. The van der Waals surface area contributed by atoms with Crippen molar-refractivity contribution < 1.29 is 31.9 Å². The molecule has 0 unspecified atom stereocenters. The lowest BCUT2D eigenvalue weighted by molar-refractivity contribution is -0.155. The molecule has 0 saturated heterocycles. The van der Waals surface area contributed by atoms with Crippen LogP contribution in [-0.4, -0.2) is 33.0 Å². The molecule has 0 bridgehead atoms. The fourth-order valence-electron chi connectivity index (χ4n) is 1.93. The molecule has 1 amide bonds. The van der Waals surface area contributed by atoms with E-state index in [-0.39, 0.29) is 10.6 Å². The summed E-state index contributed by atoms with van der Waals surface area (Å²) in [4.78, 5) is 23.7. The predicted octanol–water partition coefficient (Wildman–Crippen LogP) is 1.42. The van der Waals surface area contributed by atoms with Crippen molar-refractivity contribution in [3.63, 3.8) is 0 Å². The van der Waals surface area contributed by atoms with E-state index in [1.165, 1.54) is 55.5 Å². The lowest BCUT2D eigenvalue weighted by atomic mass is 10.3. The molecule has 0 radical (unpaired) electrons.